The first-order valence-electron chi connectivity index (χ1n) is 7.40. The van der Waals surface area contributed by atoms with Crippen LogP contribution in [-0.2, 0) is 6.54 Å². The van der Waals surface area contributed by atoms with E-state index in [0.717, 1.165) is 17.8 Å². The molecule has 2 aromatic heterocycles. The summed E-state index contributed by atoms with van der Waals surface area (Å²) in [5, 5.41) is 19.7. The van der Waals surface area contributed by atoms with Crippen LogP contribution in [0.25, 0.3) is 10.9 Å². The minimum absolute atomic E-state index is 0.134. The Kier molecular flexibility index (Phi) is 3.74. The number of fused-ring (bicyclic) bond motifs is 1. The monoisotopic (exact) mass is 364 g/mol. The van der Waals surface area contributed by atoms with Gasteiger partial charge in [-0.3, -0.25) is 0 Å². The van der Waals surface area contributed by atoms with Crippen molar-refractivity contribution in [2.24, 2.45) is 0 Å². The molecule has 0 bridgehead atoms. The molecule has 0 saturated heterocycles. The van der Waals surface area contributed by atoms with Gasteiger partial charge in [0, 0.05) is 11.3 Å². The van der Waals surface area contributed by atoms with E-state index < -0.39 is 6.43 Å². The number of nitriles is 1. The van der Waals surface area contributed by atoms with Gasteiger partial charge in [-0.15, -0.1) is 10.2 Å². The maximum Gasteiger partial charge on any atom is 0.278 e. The van der Waals surface area contributed by atoms with E-state index in [0.29, 0.717) is 21.8 Å². The summed E-state index contributed by atoms with van der Waals surface area (Å²) in [6.45, 7) is 0.218. The predicted molar refractivity (Wildman–Crippen MR) is 87.6 cm³/mol. The summed E-state index contributed by atoms with van der Waals surface area (Å²) in [7, 11) is 0. The fourth-order valence-corrected chi connectivity index (χ4v) is 3.98. The van der Waals surface area contributed by atoms with Crippen LogP contribution in [-0.4, -0.2) is 14.8 Å². The number of alkyl halides is 2. The Balaban J connectivity index is 1.81. The summed E-state index contributed by atoms with van der Waals surface area (Å²) in [5.41, 5.74) is 0.705. The molecular formula is C16H11ClF2N4S. The topological polar surface area (TPSA) is 54.5 Å². The molecule has 1 aliphatic carbocycles. The van der Waals surface area contributed by atoms with E-state index in [9.17, 15) is 8.78 Å². The summed E-state index contributed by atoms with van der Waals surface area (Å²) in [4.78, 5) is 0. The first-order chi connectivity index (χ1) is 11.6. The van der Waals surface area contributed by atoms with E-state index in [4.69, 9.17) is 16.9 Å². The normalized spacial score (nSPS) is 14.5. The van der Waals surface area contributed by atoms with Gasteiger partial charge in [0.2, 0.25) is 0 Å². The zero-order chi connectivity index (χ0) is 16.8. The van der Waals surface area contributed by atoms with Crippen LogP contribution in [0.2, 0.25) is 5.02 Å². The van der Waals surface area contributed by atoms with Crippen LogP contribution < -0.4 is 0 Å². The van der Waals surface area contributed by atoms with Crippen LogP contribution in [0.4, 0.5) is 8.78 Å². The van der Waals surface area contributed by atoms with E-state index in [1.165, 1.54) is 22.0 Å². The molecule has 0 spiro atoms. The molecule has 0 amide bonds. The number of aromatic nitrogens is 3. The molecule has 0 atom stereocenters. The molecule has 2 heterocycles. The number of rotatable bonds is 4. The molecule has 0 N–H and O–H groups in total. The lowest BCUT2D eigenvalue weighted by Gasteiger charge is -2.08. The summed E-state index contributed by atoms with van der Waals surface area (Å²) in [5.74, 6) is 0.486. The van der Waals surface area contributed by atoms with Gasteiger partial charge in [-0.25, -0.2) is 8.78 Å². The third-order valence-electron chi connectivity index (χ3n) is 4.10. The highest BCUT2D eigenvalue weighted by Crippen LogP contribution is 2.41. The Hall–Kier alpha value is -2.04. The Bertz CT molecular complexity index is 969. The molecule has 0 radical (unpaired) electrons. The van der Waals surface area contributed by atoms with Crippen molar-refractivity contribution >= 4 is 33.8 Å². The Morgan fingerprint density at radius 3 is 2.83 bits per heavy atom. The first-order valence-corrected chi connectivity index (χ1v) is 8.60. The van der Waals surface area contributed by atoms with Crippen LogP contribution >= 0.6 is 22.9 Å². The summed E-state index contributed by atoms with van der Waals surface area (Å²) >= 11 is 7.65. The predicted octanol–water partition coefficient (Wildman–Crippen LogP) is 4.88. The fraction of sp³-hybridized carbons (Fsp3) is 0.312. The van der Waals surface area contributed by atoms with E-state index in [-0.39, 0.29) is 22.8 Å². The molecule has 4 rings (SSSR count). The molecule has 4 nitrogen and oxygen atoms in total. The van der Waals surface area contributed by atoms with E-state index in [2.05, 4.69) is 10.2 Å². The standard InChI is InChI=1S/C16H11ClF2N4S/c17-14-9(6-20)3-4-11-10(14)5-12(15(18)19)23(11)7-13-21-22-16(24-13)8-1-2-8/h3-5,8,15H,1-2,7H2. The summed E-state index contributed by atoms with van der Waals surface area (Å²) in [6.07, 6.45) is -0.402. The van der Waals surface area contributed by atoms with Crippen molar-refractivity contribution in [3.05, 3.63) is 44.5 Å². The molecule has 1 aliphatic rings. The van der Waals surface area contributed by atoms with Gasteiger partial charge >= 0.3 is 0 Å². The van der Waals surface area contributed by atoms with Crippen molar-refractivity contribution in [2.75, 3.05) is 0 Å². The van der Waals surface area contributed by atoms with Crippen molar-refractivity contribution in [2.45, 2.75) is 31.7 Å². The SMILES string of the molecule is N#Cc1ccc2c(cc(C(F)F)n2Cc2nnc(C3CC3)s2)c1Cl. The molecule has 0 aliphatic heterocycles. The average Bonchev–Trinajstić information content (AvgIpc) is 3.19. The minimum atomic E-state index is -2.64. The van der Waals surface area contributed by atoms with Gasteiger partial charge < -0.3 is 4.57 Å². The molecule has 0 unspecified atom stereocenters. The van der Waals surface area contributed by atoms with Crippen molar-refractivity contribution in [1.29, 1.82) is 5.26 Å². The van der Waals surface area contributed by atoms with Crippen LogP contribution in [0.5, 0.6) is 0 Å². The van der Waals surface area contributed by atoms with Crippen molar-refractivity contribution < 1.29 is 8.78 Å². The van der Waals surface area contributed by atoms with Crippen LogP contribution in [0.3, 0.4) is 0 Å². The molecule has 1 aromatic carbocycles. The minimum Gasteiger partial charge on any atom is -0.333 e. The first kappa shape index (κ1) is 15.5. The Morgan fingerprint density at radius 1 is 1.38 bits per heavy atom. The molecule has 24 heavy (non-hydrogen) atoms. The lowest BCUT2D eigenvalue weighted by molar-refractivity contribution is 0.142. The second-order valence-corrected chi connectivity index (χ2v) is 7.21. The third kappa shape index (κ3) is 2.56. The number of halogens is 3. The van der Waals surface area contributed by atoms with E-state index in [1.807, 2.05) is 6.07 Å². The number of nitrogens with zero attached hydrogens (tertiary/aromatic N) is 4. The highest BCUT2D eigenvalue weighted by atomic mass is 35.5. The van der Waals surface area contributed by atoms with Crippen molar-refractivity contribution in [3.63, 3.8) is 0 Å². The van der Waals surface area contributed by atoms with Gasteiger partial charge in [-0.2, -0.15) is 5.26 Å². The molecule has 1 saturated carbocycles. The molecular weight excluding hydrogens is 354 g/mol. The number of benzene rings is 1. The number of hydrogen-bond acceptors (Lipinski definition) is 4. The second-order valence-electron chi connectivity index (χ2n) is 5.74. The molecule has 8 heteroatoms. The maximum atomic E-state index is 13.5. The summed E-state index contributed by atoms with van der Waals surface area (Å²) in [6, 6.07) is 6.52. The highest BCUT2D eigenvalue weighted by Gasteiger charge is 2.28. The lowest BCUT2D eigenvalue weighted by Crippen LogP contribution is -2.04. The van der Waals surface area contributed by atoms with Gasteiger partial charge in [-0.1, -0.05) is 22.9 Å². The maximum absolute atomic E-state index is 13.5. The third-order valence-corrected chi connectivity index (χ3v) is 5.58. The highest BCUT2D eigenvalue weighted by molar-refractivity contribution is 7.11. The average molecular weight is 365 g/mol. The molecule has 122 valence electrons. The Morgan fingerprint density at radius 2 is 2.17 bits per heavy atom. The van der Waals surface area contributed by atoms with Crippen LogP contribution in [0.1, 0.15) is 46.5 Å². The quantitative estimate of drug-likeness (QED) is 0.662. The van der Waals surface area contributed by atoms with Crippen molar-refractivity contribution in [1.82, 2.24) is 14.8 Å². The van der Waals surface area contributed by atoms with Gasteiger partial charge in [0.1, 0.15) is 16.1 Å². The van der Waals surface area contributed by atoms with Gasteiger partial charge in [0.15, 0.2) is 0 Å². The van der Waals surface area contributed by atoms with Gasteiger partial charge in [0.25, 0.3) is 6.43 Å². The largest absolute Gasteiger partial charge is 0.333 e. The van der Waals surface area contributed by atoms with Crippen LogP contribution in [0.15, 0.2) is 18.2 Å². The van der Waals surface area contributed by atoms with Crippen molar-refractivity contribution in [3.8, 4) is 6.07 Å². The van der Waals surface area contributed by atoms with Gasteiger partial charge in [0.05, 0.1) is 28.3 Å². The lowest BCUT2D eigenvalue weighted by atomic mass is 10.1. The second kappa shape index (κ2) is 5.80. The number of hydrogen-bond donors (Lipinski definition) is 0. The zero-order valence-corrected chi connectivity index (χ0v) is 13.9. The zero-order valence-electron chi connectivity index (χ0n) is 12.3. The van der Waals surface area contributed by atoms with Crippen LogP contribution in [0, 0.1) is 11.3 Å². The fourth-order valence-electron chi connectivity index (χ4n) is 2.72. The molecule has 3 aromatic rings. The molecule has 1 fully saturated rings. The smallest absolute Gasteiger partial charge is 0.278 e. The van der Waals surface area contributed by atoms with Gasteiger partial charge in [-0.05, 0) is 31.0 Å². The summed E-state index contributed by atoms with van der Waals surface area (Å²) < 4.78 is 28.4. The Labute approximate surface area is 145 Å². The van der Waals surface area contributed by atoms with E-state index in [1.54, 1.807) is 12.1 Å². The van der Waals surface area contributed by atoms with E-state index >= 15 is 0 Å².